The number of hydrogen-bond donors (Lipinski definition) is 3. The SMILES string of the molecule is OC1(CNCc2ncc(-c3cccc(Br)c3)[nH]2)CCOCC1. The van der Waals surface area contributed by atoms with Gasteiger partial charge in [-0.1, -0.05) is 28.1 Å². The third-order valence-electron chi connectivity index (χ3n) is 3.93. The van der Waals surface area contributed by atoms with Gasteiger partial charge in [0.15, 0.2) is 0 Å². The molecule has 6 heteroatoms. The Labute approximate surface area is 138 Å². The number of imidazole rings is 1. The van der Waals surface area contributed by atoms with Gasteiger partial charge in [0.2, 0.25) is 0 Å². The van der Waals surface area contributed by atoms with E-state index >= 15 is 0 Å². The summed E-state index contributed by atoms with van der Waals surface area (Å²) >= 11 is 3.47. The normalized spacial score (nSPS) is 17.5. The zero-order valence-corrected chi connectivity index (χ0v) is 13.9. The van der Waals surface area contributed by atoms with E-state index in [0.717, 1.165) is 21.6 Å². The number of aromatic amines is 1. The number of rotatable bonds is 5. The van der Waals surface area contributed by atoms with Crippen LogP contribution in [-0.2, 0) is 11.3 Å². The number of hydrogen-bond acceptors (Lipinski definition) is 4. The van der Waals surface area contributed by atoms with Crippen molar-refractivity contribution in [2.45, 2.75) is 25.0 Å². The molecule has 2 aromatic rings. The molecule has 0 spiro atoms. The summed E-state index contributed by atoms with van der Waals surface area (Å²) in [6, 6.07) is 8.09. The van der Waals surface area contributed by atoms with E-state index in [1.807, 2.05) is 24.4 Å². The Morgan fingerprint density at radius 3 is 2.95 bits per heavy atom. The maximum absolute atomic E-state index is 10.4. The molecule has 0 amide bonds. The van der Waals surface area contributed by atoms with Gasteiger partial charge in [-0.2, -0.15) is 0 Å². The topological polar surface area (TPSA) is 70.2 Å². The zero-order chi connectivity index (χ0) is 15.4. The fourth-order valence-electron chi connectivity index (χ4n) is 2.60. The highest BCUT2D eigenvalue weighted by atomic mass is 79.9. The lowest BCUT2D eigenvalue weighted by molar-refractivity contribution is -0.0617. The van der Waals surface area contributed by atoms with Gasteiger partial charge in [0.25, 0.3) is 0 Å². The molecule has 1 aromatic heterocycles. The molecule has 5 nitrogen and oxygen atoms in total. The van der Waals surface area contributed by atoms with E-state index in [0.29, 0.717) is 39.1 Å². The Bertz CT molecular complexity index is 623. The highest BCUT2D eigenvalue weighted by Gasteiger charge is 2.29. The quantitative estimate of drug-likeness (QED) is 0.761. The van der Waals surface area contributed by atoms with Crippen LogP contribution in [0.3, 0.4) is 0 Å². The van der Waals surface area contributed by atoms with Crippen LogP contribution in [0.15, 0.2) is 34.9 Å². The van der Waals surface area contributed by atoms with E-state index in [1.165, 1.54) is 0 Å². The van der Waals surface area contributed by atoms with Crippen LogP contribution in [0.2, 0.25) is 0 Å². The van der Waals surface area contributed by atoms with Gasteiger partial charge in [0.05, 0.1) is 24.0 Å². The number of benzene rings is 1. The van der Waals surface area contributed by atoms with Crippen molar-refractivity contribution >= 4 is 15.9 Å². The standard InChI is InChI=1S/C16H20BrN3O2/c17-13-3-1-2-12(8-13)14-9-19-15(20-14)10-18-11-16(21)4-6-22-7-5-16/h1-3,8-9,18,21H,4-7,10-11H2,(H,19,20). The molecule has 1 saturated heterocycles. The summed E-state index contributed by atoms with van der Waals surface area (Å²) in [7, 11) is 0. The molecule has 0 saturated carbocycles. The average molecular weight is 366 g/mol. The van der Waals surface area contributed by atoms with Gasteiger partial charge < -0.3 is 20.1 Å². The average Bonchev–Trinajstić information content (AvgIpc) is 2.97. The van der Waals surface area contributed by atoms with Crippen molar-refractivity contribution in [2.24, 2.45) is 0 Å². The van der Waals surface area contributed by atoms with Crippen molar-refractivity contribution in [2.75, 3.05) is 19.8 Å². The van der Waals surface area contributed by atoms with Crippen molar-refractivity contribution in [3.05, 3.63) is 40.8 Å². The number of ether oxygens (including phenoxy) is 1. The number of aromatic nitrogens is 2. The van der Waals surface area contributed by atoms with Gasteiger partial charge in [-0.05, 0) is 12.1 Å². The van der Waals surface area contributed by atoms with Crippen molar-refractivity contribution in [3.8, 4) is 11.3 Å². The van der Waals surface area contributed by atoms with Crippen molar-refractivity contribution in [3.63, 3.8) is 0 Å². The highest BCUT2D eigenvalue weighted by molar-refractivity contribution is 9.10. The minimum atomic E-state index is -0.655. The summed E-state index contributed by atoms with van der Waals surface area (Å²) in [6.45, 7) is 2.43. The van der Waals surface area contributed by atoms with E-state index < -0.39 is 5.60 Å². The Morgan fingerprint density at radius 1 is 1.36 bits per heavy atom. The first kappa shape index (κ1) is 15.7. The molecule has 0 bridgehead atoms. The number of halogens is 1. The van der Waals surface area contributed by atoms with Gasteiger partial charge in [-0.25, -0.2) is 4.98 Å². The van der Waals surface area contributed by atoms with Crippen molar-refractivity contribution < 1.29 is 9.84 Å². The molecule has 2 heterocycles. The smallest absolute Gasteiger partial charge is 0.120 e. The minimum absolute atomic E-state index is 0.559. The third kappa shape index (κ3) is 3.95. The van der Waals surface area contributed by atoms with Crippen LogP contribution in [0.4, 0.5) is 0 Å². The Morgan fingerprint density at radius 2 is 2.18 bits per heavy atom. The van der Waals surface area contributed by atoms with Gasteiger partial charge in [-0.15, -0.1) is 0 Å². The van der Waals surface area contributed by atoms with Gasteiger partial charge in [-0.3, -0.25) is 0 Å². The maximum atomic E-state index is 10.4. The van der Waals surface area contributed by atoms with Crippen LogP contribution >= 0.6 is 15.9 Å². The summed E-state index contributed by atoms with van der Waals surface area (Å²) in [5.74, 6) is 0.866. The maximum Gasteiger partial charge on any atom is 0.120 e. The summed E-state index contributed by atoms with van der Waals surface area (Å²) in [6.07, 6.45) is 3.20. The fourth-order valence-corrected chi connectivity index (χ4v) is 3.00. The van der Waals surface area contributed by atoms with Crippen molar-refractivity contribution in [1.29, 1.82) is 0 Å². The molecule has 3 rings (SSSR count). The second-order valence-electron chi connectivity index (χ2n) is 5.69. The van der Waals surface area contributed by atoms with Gasteiger partial charge >= 0.3 is 0 Å². The first-order valence-electron chi connectivity index (χ1n) is 7.45. The zero-order valence-electron chi connectivity index (χ0n) is 12.3. The molecule has 0 radical (unpaired) electrons. The molecule has 0 atom stereocenters. The van der Waals surface area contributed by atoms with Crippen LogP contribution in [0.1, 0.15) is 18.7 Å². The molecule has 0 aliphatic carbocycles. The van der Waals surface area contributed by atoms with Crippen LogP contribution < -0.4 is 5.32 Å². The lowest BCUT2D eigenvalue weighted by atomic mass is 9.94. The first-order chi connectivity index (χ1) is 10.6. The van der Waals surface area contributed by atoms with Gasteiger partial charge in [0.1, 0.15) is 5.82 Å². The van der Waals surface area contributed by atoms with Gasteiger partial charge in [0, 0.05) is 42.6 Å². The first-order valence-corrected chi connectivity index (χ1v) is 8.25. The van der Waals surface area contributed by atoms with E-state index in [1.54, 1.807) is 0 Å². The summed E-state index contributed by atoms with van der Waals surface area (Å²) in [5.41, 5.74) is 1.43. The monoisotopic (exact) mass is 365 g/mol. The number of aliphatic hydroxyl groups is 1. The lowest BCUT2D eigenvalue weighted by Crippen LogP contribution is -2.44. The lowest BCUT2D eigenvalue weighted by Gasteiger charge is -2.32. The Kier molecular flexibility index (Phi) is 4.93. The van der Waals surface area contributed by atoms with Crippen LogP contribution in [0.25, 0.3) is 11.3 Å². The summed E-state index contributed by atoms with van der Waals surface area (Å²) < 4.78 is 6.32. The molecule has 1 aliphatic rings. The molecule has 1 aliphatic heterocycles. The number of nitrogens with zero attached hydrogens (tertiary/aromatic N) is 1. The van der Waals surface area contributed by atoms with E-state index in [2.05, 4.69) is 37.3 Å². The molecular weight excluding hydrogens is 346 g/mol. The fraction of sp³-hybridized carbons (Fsp3) is 0.438. The minimum Gasteiger partial charge on any atom is -0.388 e. The summed E-state index contributed by atoms with van der Waals surface area (Å²) in [5, 5.41) is 13.7. The van der Waals surface area contributed by atoms with E-state index in [-0.39, 0.29) is 0 Å². The molecular formula is C16H20BrN3O2. The van der Waals surface area contributed by atoms with E-state index in [4.69, 9.17) is 4.74 Å². The Hall–Kier alpha value is -1.21. The van der Waals surface area contributed by atoms with Crippen LogP contribution in [0, 0.1) is 0 Å². The molecule has 3 N–H and O–H groups in total. The predicted molar refractivity (Wildman–Crippen MR) is 88.4 cm³/mol. The summed E-state index contributed by atoms with van der Waals surface area (Å²) in [4.78, 5) is 7.69. The highest BCUT2D eigenvalue weighted by Crippen LogP contribution is 2.22. The van der Waals surface area contributed by atoms with E-state index in [9.17, 15) is 5.11 Å². The largest absolute Gasteiger partial charge is 0.388 e. The van der Waals surface area contributed by atoms with Crippen molar-refractivity contribution in [1.82, 2.24) is 15.3 Å². The van der Waals surface area contributed by atoms with Crippen LogP contribution in [-0.4, -0.2) is 40.4 Å². The molecule has 1 fully saturated rings. The number of nitrogens with one attached hydrogen (secondary N) is 2. The molecule has 22 heavy (non-hydrogen) atoms. The number of H-pyrrole nitrogens is 1. The Balaban J connectivity index is 1.56. The second kappa shape index (κ2) is 6.91. The molecule has 118 valence electrons. The second-order valence-corrected chi connectivity index (χ2v) is 6.61. The molecule has 0 unspecified atom stereocenters. The predicted octanol–water partition coefficient (Wildman–Crippen LogP) is 2.47. The third-order valence-corrected chi connectivity index (χ3v) is 4.43. The van der Waals surface area contributed by atoms with Crippen LogP contribution in [0.5, 0.6) is 0 Å². The molecule has 1 aromatic carbocycles.